The van der Waals surface area contributed by atoms with Gasteiger partial charge in [-0.2, -0.15) is 0 Å². The molecule has 1 aromatic heterocycles. The van der Waals surface area contributed by atoms with E-state index >= 15 is 0 Å². The number of carboxylic acid groups (broad SMARTS) is 2. The van der Waals surface area contributed by atoms with E-state index in [9.17, 15) is 14.4 Å². The third-order valence-electron chi connectivity index (χ3n) is 4.87. The van der Waals surface area contributed by atoms with Crippen LogP contribution in [0.1, 0.15) is 31.3 Å². The van der Waals surface area contributed by atoms with E-state index in [1.807, 2.05) is 18.2 Å². The Kier molecular flexibility index (Phi) is 5.96. The molecule has 0 fully saturated rings. The Morgan fingerprint density at radius 1 is 0.844 bits per heavy atom. The van der Waals surface area contributed by atoms with Crippen LogP contribution in [0.25, 0.3) is 21.3 Å². The first-order valence-electron chi connectivity index (χ1n) is 9.71. The molecule has 8 heteroatoms. The van der Waals surface area contributed by atoms with Crippen LogP contribution in [0, 0.1) is 0 Å². The Labute approximate surface area is 187 Å². The van der Waals surface area contributed by atoms with Crippen molar-refractivity contribution < 1.29 is 24.6 Å². The van der Waals surface area contributed by atoms with Gasteiger partial charge in [0.05, 0.1) is 27.8 Å². The molecule has 0 aliphatic heterocycles. The summed E-state index contributed by atoms with van der Waals surface area (Å²) in [4.78, 5) is 38.9. The van der Waals surface area contributed by atoms with Crippen LogP contribution < -0.4 is 5.32 Å². The van der Waals surface area contributed by atoms with Crippen molar-refractivity contribution in [2.75, 3.05) is 0 Å². The molecule has 4 rings (SSSR count). The number of nitrogens with zero attached hydrogens (tertiary/aromatic N) is 1. The lowest BCUT2D eigenvalue weighted by atomic mass is 10.0. The van der Waals surface area contributed by atoms with Crippen LogP contribution in [-0.2, 0) is 17.8 Å². The molecule has 0 aliphatic carbocycles. The molecule has 0 aliphatic rings. The van der Waals surface area contributed by atoms with Gasteiger partial charge in [0.25, 0.3) is 0 Å². The van der Waals surface area contributed by atoms with Crippen molar-refractivity contribution in [2.24, 2.45) is 0 Å². The van der Waals surface area contributed by atoms with E-state index in [0.717, 1.165) is 21.3 Å². The summed E-state index contributed by atoms with van der Waals surface area (Å²) in [5.74, 6) is -2.17. The molecule has 0 spiro atoms. The molecule has 0 saturated carbocycles. The van der Waals surface area contributed by atoms with Gasteiger partial charge in [-0.05, 0) is 53.1 Å². The zero-order valence-corrected chi connectivity index (χ0v) is 17.6. The average molecular weight is 446 g/mol. The molecule has 0 bridgehead atoms. The minimum atomic E-state index is -1.01. The van der Waals surface area contributed by atoms with Gasteiger partial charge in [-0.3, -0.25) is 4.79 Å². The maximum atomic E-state index is 12.3. The van der Waals surface area contributed by atoms with E-state index in [1.165, 1.54) is 23.5 Å². The van der Waals surface area contributed by atoms with Gasteiger partial charge in [0.2, 0.25) is 5.91 Å². The maximum Gasteiger partial charge on any atom is 0.335 e. The van der Waals surface area contributed by atoms with E-state index in [1.54, 1.807) is 36.4 Å². The molecule has 3 N–H and O–H groups in total. The second kappa shape index (κ2) is 8.99. The summed E-state index contributed by atoms with van der Waals surface area (Å²) >= 11 is 1.43. The lowest BCUT2D eigenvalue weighted by Crippen LogP contribution is -2.24. The molecule has 3 aromatic carbocycles. The second-order valence-electron chi connectivity index (χ2n) is 7.13. The third kappa shape index (κ3) is 4.81. The SMILES string of the molecule is O=C(Cc1nc2ccc(-c3ccc(C(=O)O)cc3)cc2s1)NCc1cccc(C(=O)O)c1. The normalized spacial score (nSPS) is 10.8. The number of carbonyl (C=O) groups excluding carboxylic acids is 1. The molecule has 32 heavy (non-hydrogen) atoms. The number of aromatic carboxylic acids is 2. The highest BCUT2D eigenvalue weighted by atomic mass is 32.1. The molecular formula is C24H18N2O5S. The van der Waals surface area contributed by atoms with Gasteiger partial charge in [-0.1, -0.05) is 30.3 Å². The first kappa shape index (κ1) is 21.2. The number of rotatable bonds is 7. The van der Waals surface area contributed by atoms with Gasteiger partial charge in [-0.15, -0.1) is 11.3 Å². The van der Waals surface area contributed by atoms with Crippen LogP contribution in [0.2, 0.25) is 0 Å². The molecule has 0 radical (unpaired) electrons. The van der Waals surface area contributed by atoms with Crippen LogP contribution in [0.15, 0.2) is 66.7 Å². The number of carboxylic acids is 2. The highest BCUT2D eigenvalue weighted by molar-refractivity contribution is 7.18. The molecule has 1 heterocycles. The Hall–Kier alpha value is -4.04. The number of hydrogen-bond donors (Lipinski definition) is 3. The summed E-state index contributed by atoms with van der Waals surface area (Å²) < 4.78 is 0.932. The number of benzene rings is 3. The summed E-state index contributed by atoms with van der Waals surface area (Å²) in [6.45, 7) is 0.237. The lowest BCUT2D eigenvalue weighted by Gasteiger charge is -2.05. The summed E-state index contributed by atoms with van der Waals surface area (Å²) in [6, 6.07) is 18.9. The average Bonchev–Trinajstić information content (AvgIpc) is 3.19. The molecule has 0 atom stereocenters. The Morgan fingerprint density at radius 2 is 1.56 bits per heavy atom. The molecule has 160 valence electrons. The van der Waals surface area contributed by atoms with Gasteiger partial charge in [0.15, 0.2) is 0 Å². The summed E-state index contributed by atoms with van der Waals surface area (Å²) in [5.41, 5.74) is 3.74. The predicted molar refractivity (Wildman–Crippen MR) is 121 cm³/mol. The fourth-order valence-electron chi connectivity index (χ4n) is 3.25. The standard InChI is InChI=1S/C24H18N2O5S/c27-21(25-13-14-2-1-3-18(10-14)24(30)31)12-22-26-19-9-8-17(11-20(19)32-22)15-4-6-16(7-5-15)23(28)29/h1-11H,12-13H2,(H,25,27)(H,28,29)(H,30,31). The van der Waals surface area contributed by atoms with E-state index in [4.69, 9.17) is 10.2 Å². The second-order valence-corrected chi connectivity index (χ2v) is 8.25. The molecule has 1 amide bonds. The van der Waals surface area contributed by atoms with Crippen LogP contribution in [0.5, 0.6) is 0 Å². The van der Waals surface area contributed by atoms with E-state index < -0.39 is 11.9 Å². The zero-order chi connectivity index (χ0) is 22.7. The number of nitrogens with one attached hydrogen (secondary N) is 1. The molecule has 0 saturated heterocycles. The Bertz CT molecular complexity index is 1330. The highest BCUT2D eigenvalue weighted by Gasteiger charge is 2.11. The largest absolute Gasteiger partial charge is 0.478 e. The summed E-state index contributed by atoms with van der Waals surface area (Å²) in [7, 11) is 0. The van der Waals surface area contributed by atoms with Crippen molar-refractivity contribution in [1.82, 2.24) is 10.3 Å². The van der Waals surface area contributed by atoms with Crippen LogP contribution >= 0.6 is 11.3 Å². The number of carbonyl (C=O) groups is 3. The number of thiazole rings is 1. The van der Waals surface area contributed by atoms with Crippen molar-refractivity contribution in [3.8, 4) is 11.1 Å². The van der Waals surface area contributed by atoms with Gasteiger partial charge in [-0.25, -0.2) is 14.6 Å². The first-order valence-corrected chi connectivity index (χ1v) is 10.5. The van der Waals surface area contributed by atoms with Gasteiger partial charge in [0, 0.05) is 6.54 Å². The van der Waals surface area contributed by atoms with Crippen molar-refractivity contribution in [3.05, 3.63) is 88.4 Å². The van der Waals surface area contributed by atoms with Gasteiger partial charge < -0.3 is 15.5 Å². The van der Waals surface area contributed by atoms with Gasteiger partial charge >= 0.3 is 11.9 Å². The third-order valence-corrected chi connectivity index (χ3v) is 5.89. The Balaban J connectivity index is 1.43. The first-order chi connectivity index (χ1) is 15.4. The van der Waals surface area contributed by atoms with Crippen molar-refractivity contribution in [2.45, 2.75) is 13.0 Å². The molecule has 7 nitrogen and oxygen atoms in total. The number of aromatic nitrogens is 1. The smallest absolute Gasteiger partial charge is 0.335 e. The zero-order valence-electron chi connectivity index (χ0n) is 16.7. The fraction of sp³-hybridized carbons (Fsp3) is 0.0833. The quantitative estimate of drug-likeness (QED) is 0.391. The van der Waals surface area contributed by atoms with Crippen molar-refractivity contribution in [1.29, 1.82) is 0 Å². The highest BCUT2D eigenvalue weighted by Crippen LogP contribution is 2.28. The van der Waals surface area contributed by atoms with Crippen molar-refractivity contribution in [3.63, 3.8) is 0 Å². The van der Waals surface area contributed by atoms with Crippen LogP contribution in [-0.4, -0.2) is 33.0 Å². The van der Waals surface area contributed by atoms with E-state index in [-0.39, 0.29) is 30.0 Å². The Morgan fingerprint density at radius 3 is 2.28 bits per heavy atom. The monoisotopic (exact) mass is 446 g/mol. The van der Waals surface area contributed by atoms with E-state index in [2.05, 4.69) is 10.3 Å². The maximum absolute atomic E-state index is 12.3. The van der Waals surface area contributed by atoms with Crippen LogP contribution in [0.4, 0.5) is 0 Å². The predicted octanol–water partition coefficient (Wildman–Crippen LogP) is 4.22. The minimum absolute atomic E-state index is 0.126. The molecule has 4 aromatic rings. The molecular weight excluding hydrogens is 428 g/mol. The summed E-state index contributed by atoms with van der Waals surface area (Å²) in [6.07, 6.45) is 0.126. The minimum Gasteiger partial charge on any atom is -0.478 e. The number of hydrogen-bond acceptors (Lipinski definition) is 5. The van der Waals surface area contributed by atoms with Gasteiger partial charge in [0.1, 0.15) is 5.01 Å². The summed E-state index contributed by atoms with van der Waals surface area (Å²) in [5, 5.41) is 21.6. The number of fused-ring (bicyclic) bond motifs is 1. The van der Waals surface area contributed by atoms with E-state index in [0.29, 0.717) is 10.6 Å². The van der Waals surface area contributed by atoms with Crippen molar-refractivity contribution >= 4 is 39.4 Å². The number of amides is 1. The molecule has 0 unspecified atom stereocenters. The van der Waals surface area contributed by atoms with Crippen LogP contribution in [0.3, 0.4) is 0 Å². The lowest BCUT2D eigenvalue weighted by molar-refractivity contribution is -0.120. The fourth-order valence-corrected chi connectivity index (χ4v) is 4.25. The topological polar surface area (TPSA) is 117 Å².